The van der Waals surface area contributed by atoms with Gasteiger partial charge in [-0.05, 0) is 37.5 Å². The van der Waals surface area contributed by atoms with E-state index < -0.39 is 0 Å². The molecule has 1 aromatic carbocycles. The van der Waals surface area contributed by atoms with Crippen molar-refractivity contribution in [2.45, 2.75) is 25.3 Å². The molecule has 0 aliphatic carbocycles. The number of rotatable bonds is 2. The number of anilines is 1. The summed E-state index contributed by atoms with van der Waals surface area (Å²) >= 11 is 0. The van der Waals surface area contributed by atoms with Crippen LogP contribution in [-0.4, -0.2) is 60.5 Å². The molecule has 0 bridgehead atoms. The van der Waals surface area contributed by atoms with Crippen LogP contribution in [0.4, 0.5) is 5.69 Å². The smallest absolute Gasteiger partial charge is 0.254 e. The van der Waals surface area contributed by atoms with Crippen LogP contribution in [0.5, 0.6) is 0 Å². The van der Waals surface area contributed by atoms with Crippen molar-refractivity contribution in [3.05, 3.63) is 29.8 Å². The third-order valence-corrected chi connectivity index (χ3v) is 4.51. The highest BCUT2D eigenvalue weighted by Crippen LogP contribution is 2.22. The van der Waals surface area contributed by atoms with Gasteiger partial charge in [-0.25, -0.2) is 0 Å². The van der Waals surface area contributed by atoms with Gasteiger partial charge >= 0.3 is 0 Å². The topological polar surface area (TPSA) is 75.9 Å². The average Bonchev–Trinajstić information content (AvgIpc) is 2.61. The third-order valence-electron chi connectivity index (χ3n) is 4.51. The molecule has 0 spiro atoms. The van der Waals surface area contributed by atoms with Crippen LogP contribution >= 0.6 is 0 Å². The van der Waals surface area contributed by atoms with Crippen LogP contribution in [0.1, 0.15) is 29.6 Å². The van der Waals surface area contributed by atoms with Crippen LogP contribution in [-0.2, 0) is 9.53 Å². The summed E-state index contributed by atoms with van der Waals surface area (Å²) in [5, 5.41) is 0. The third kappa shape index (κ3) is 3.47. The summed E-state index contributed by atoms with van der Waals surface area (Å²) in [5.74, 6) is -0.0612. The summed E-state index contributed by atoms with van der Waals surface area (Å²) in [6.07, 6.45) is 2.63. The molecule has 6 heteroatoms. The highest BCUT2D eigenvalue weighted by Gasteiger charge is 2.35. The number of carbonyl (C=O) groups excluding carboxylic acids is 2. The number of nitrogens with zero attached hydrogens (tertiary/aromatic N) is 2. The number of amides is 2. The predicted octanol–water partition coefficient (Wildman–Crippen LogP) is 1.12. The van der Waals surface area contributed by atoms with E-state index in [1.54, 1.807) is 29.2 Å². The number of ether oxygens (including phenoxy) is 1. The molecule has 23 heavy (non-hydrogen) atoms. The lowest BCUT2D eigenvalue weighted by Gasteiger charge is -2.38. The number of morpholine rings is 1. The Hall–Kier alpha value is -2.08. The zero-order valence-electron chi connectivity index (χ0n) is 13.2. The van der Waals surface area contributed by atoms with Gasteiger partial charge in [0.25, 0.3) is 5.91 Å². The average molecular weight is 317 g/mol. The molecule has 2 N–H and O–H groups in total. The number of carbonyl (C=O) groups is 2. The maximum atomic E-state index is 12.8. The van der Waals surface area contributed by atoms with E-state index in [0.717, 1.165) is 19.3 Å². The SMILES string of the molecule is Nc1cccc(C(=O)N2CCCCC2C(=O)N2CCOCC2)c1. The van der Waals surface area contributed by atoms with Gasteiger partial charge in [0.1, 0.15) is 6.04 Å². The van der Waals surface area contributed by atoms with E-state index in [9.17, 15) is 9.59 Å². The van der Waals surface area contributed by atoms with Gasteiger partial charge in [-0.15, -0.1) is 0 Å². The first-order chi connectivity index (χ1) is 11.2. The molecule has 0 radical (unpaired) electrons. The number of hydrogen-bond donors (Lipinski definition) is 1. The number of likely N-dealkylation sites (tertiary alicyclic amines) is 1. The van der Waals surface area contributed by atoms with Gasteiger partial charge in [0, 0.05) is 30.9 Å². The first kappa shape index (κ1) is 15.8. The quantitative estimate of drug-likeness (QED) is 0.830. The summed E-state index contributed by atoms with van der Waals surface area (Å²) in [7, 11) is 0. The minimum absolute atomic E-state index is 0.0465. The molecular formula is C17H23N3O3. The number of benzene rings is 1. The summed E-state index contributed by atoms with van der Waals surface area (Å²) in [5.41, 5.74) is 6.88. The van der Waals surface area contributed by atoms with Gasteiger partial charge in [0.05, 0.1) is 13.2 Å². The van der Waals surface area contributed by atoms with Crippen molar-refractivity contribution in [1.82, 2.24) is 9.80 Å². The Morgan fingerprint density at radius 1 is 1.13 bits per heavy atom. The van der Waals surface area contributed by atoms with E-state index >= 15 is 0 Å². The summed E-state index contributed by atoms with van der Waals surface area (Å²) in [4.78, 5) is 29.2. The highest BCUT2D eigenvalue weighted by atomic mass is 16.5. The highest BCUT2D eigenvalue weighted by molar-refractivity contribution is 5.98. The van der Waals surface area contributed by atoms with Crippen LogP contribution in [0.15, 0.2) is 24.3 Å². The van der Waals surface area contributed by atoms with Crippen LogP contribution < -0.4 is 5.73 Å². The second-order valence-electron chi connectivity index (χ2n) is 6.07. The van der Waals surface area contributed by atoms with E-state index in [1.165, 1.54) is 0 Å². The molecular weight excluding hydrogens is 294 g/mol. The lowest BCUT2D eigenvalue weighted by atomic mass is 9.99. The Balaban J connectivity index is 1.78. The number of nitrogens with two attached hydrogens (primary N) is 1. The van der Waals surface area contributed by atoms with E-state index in [2.05, 4.69) is 0 Å². The number of nitrogen functional groups attached to an aromatic ring is 1. The molecule has 3 rings (SSSR count). The normalized spacial score (nSPS) is 22.0. The van der Waals surface area contributed by atoms with Crippen molar-refractivity contribution in [3.8, 4) is 0 Å². The summed E-state index contributed by atoms with van der Waals surface area (Å²) < 4.78 is 5.31. The van der Waals surface area contributed by atoms with E-state index in [0.29, 0.717) is 44.1 Å². The molecule has 1 atom stereocenters. The zero-order valence-corrected chi connectivity index (χ0v) is 13.2. The molecule has 1 unspecified atom stereocenters. The van der Waals surface area contributed by atoms with Gasteiger partial charge < -0.3 is 20.3 Å². The Morgan fingerprint density at radius 3 is 2.65 bits per heavy atom. The fourth-order valence-corrected chi connectivity index (χ4v) is 3.26. The van der Waals surface area contributed by atoms with Crippen LogP contribution in [0.3, 0.4) is 0 Å². The maximum absolute atomic E-state index is 12.8. The number of hydrogen-bond acceptors (Lipinski definition) is 4. The second kappa shape index (κ2) is 7.00. The Kier molecular flexibility index (Phi) is 4.81. The van der Waals surface area contributed by atoms with Crippen molar-refractivity contribution in [3.63, 3.8) is 0 Å². The van der Waals surface area contributed by atoms with E-state index in [-0.39, 0.29) is 17.9 Å². The van der Waals surface area contributed by atoms with Crippen molar-refractivity contribution in [2.75, 3.05) is 38.6 Å². The van der Waals surface area contributed by atoms with Crippen LogP contribution in [0.2, 0.25) is 0 Å². The molecule has 2 amide bonds. The molecule has 2 fully saturated rings. The lowest BCUT2D eigenvalue weighted by molar-refractivity contribution is -0.141. The molecule has 0 saturated carbocycles. The van der Waals surface area contributed by atoms with Gasteiger partial charge in [0.15, 0.2) is 0 Å². The minimum Gasteiger partial charge on any atom is -0.399 e. The first-order valence-electron chi connectivity index (χ1n) is 8.20. The monoisotopic (exact) mass is 317 g/mol. The van der Waals surface area contributed by atoms with E-state index in [1.807, 2.05) is 4.90 Å². The fraction of sp³-hybridized carbons (Fsp3) is 0.529. The fourth-order valence-electron chi connectivity index (χ4n) is 3.26. The summed E-state index contributed by atoms with van der Waals surface area (Å²) in [6.45, 7) is 2.98. The standard InChI is InChI=1S/C17H23N3O3/c18-14-5-3-4-13(12-14)16(21)20-7-2-1-6-15(20)17(22)19-8-10-23-11-9-19/h3-5,12,15H,1-2,6-11,18H2. The van der Waals surface area contributed by atoms with Crippen molar-refractivity contribution in [1.29, 1.82) is 0 Å². The molecule has 6 nitrogen and oxygen atoms in total. The molecule has 2 saturated heterocycles. The van der Waals surface area contributed by atoms with Crippen molar-refractivity contribution in [2.24, 2.45) is 0 Å². The number of piperidine rings is 1. The Morgan fingerprint density at radius 2 is 1.91 bits per heavy atom. The van der Waals surface area contributed by atoms with Crippen LogP contribution in [0.25, 0.3) is 0 Å². The lowest BCUT2D eigenvalue weighted by Crippen LogP contribution is -2.55. The van der Waals surface area contributed by atoms with Gasteiger partial charge in [-0.3, -0.25) is 9.59 Å². The predicted molar refractivity (Wildman–Crippen MR) is 86.9 cm³/mol. The van der Waals surface area contributed by atoms with Gasteiger partial charge in [-0.1, -0.05) is 6.07 Å². The van der Waals surface area contributed by atoms with Crippen LogP contribution in [0, 0.1) is 0 Å². The van der Waals surface area contributed by atoms with Gasteiger partial charge in [0.2, 0.25) is 5.91 Å². The maximum Gasteiger partial charge on any atom is 0.254 e. The molecule has 2 aliphatic heterocycles. The summed E-state index contributed by atoms with van der Waals surface area (Å²) in [6, 6.07) is 6.58. The largest absolute Gasteiger partial charge is 0.399 e. The van der Waals surface area contributed by atoms with E-state index in [4.69, 9.17) is 10.5 Å². The van der Waals surface area contributed by atoms with Gasteiger partial charge in [-0.2, -0.15) is 0 Å². The molecule has 2 aliphatic rings. The molecule has 0 aromatic heterocycles. The first-order valence-corrected chi connectivity index (χ1v) is 8.20. The molecule has 1 aromatic rings. The minimum atomic E-state index is -0.365. The zero-order chi connectivity index (χ0) is 16.2. The Bertz CT molecular complexity index is 584. The van der Waals surface area contributed by atoms with Crippen molar-refractivity contribution >= 4 is 17.5 Å². The second-order valence-corrected chi connectivity index (χ2v) is 6.07. The molecule has 2 heterocycles. The Labute approximate surface area is 136 Å². The van der Waals surface area contributed by atoms with Crippen molar-refractivity contribution < 1.29 is 14.3 Å². The molecule has 124 valence electrons.